The minimum atomic E-state index is -0.342. The maximum absolute atomic E-state index is 8.92. The molecule has 1 aromatic rings. The molecule has 0 heterocycles. The van der Waals surface area contributed by atoms with Gasteiger partial charge >= 0.3 is 0 Å². The number of aromatic hydroxyl groups is 1. The standard InChI is InChI=1S/C8H8NOS/c9-8(5-11)6-1-3-7(10)4-2-6/h1-4,8,10H,9H2. The van der Waals surface area contributed by atoms with Crippen molar-refractivity contribution in [1.29, 1.82) is 0 Å². The quantitative estimate of drug-likeness (QED) is 0.650. The molecule has 0 aliphatic rings. The Morgan fingerprint density at radius 1 is 1.36 bits per heavy atom. The summed E-state index contributed by atoms with van der Waals surface area (Å²) in [6.45, 7) is 0. The largest absolute Gasteiger partial charge is 0.508 e. The minimum Gasteiger partial charge on any atom is -0.508 e. The number of rotatable bonds is 2. The van der Waals surface area contributed by atoms with E-state index in [4.69, 9.17) is 10.8 Å². The highest BCUT2D eigenvalue weighted by Crippen LogP contribution is 2.13. The zero-order valence-electron chi connectivity index (χ0n) is 5.82. The molecule has 2 nitrogen and oxygen atoms in total. The van der Waals surface area contributed by atoms with Gasteiger partial charge in [0.1, 0.15) is 5.75 Å². The maximum Gasteiger partial charge on any atom is 0.115 e. The summed E-state index contributed by atoms with van der Waals surface area (Å²) >= 11 is 4.55. The Hall–Kier alpha value is -0.930. The first-order chi connectivity index (χ1) is 5.24. The van der Waals surface area contributed by atoms with E-state index in [-0.39, 0.29) is 11.8 Å². The van der Waals surface area contributed by atoms with E-state index >= 15 is 0 Å². The van der Waals surface area contributed by atoms with E-state index in [1.165, 1.54) is 0 Å². The normalized spacial score (nSPS) is 12.5. The van der Waals surface area contributed by atoms with Gasteiger partial charge in [-0.15, -0.1) is 0 Å². The van der Waals surface area contributed by atoms with Crippen LogP contribution in [0, 0.1) is 0 Å². The molecule has 1 rings (SSSR count). The van der Waals surface area contributed by atoms with Gasteiger partial charge in [0.25, 0.3) is 0 Å². The monoisotopic (exact) mass is 166 g/mol. The number of hydrogen-bond acceptors (Lipinski definition) is 3. The van der Waals surface area contributed by atoms with Crippen LogP contribution in [0.3, 0.4) is 0 Å². The molecule has 3 heteroatoms. The molecule has 1 radical (unpaired) electrons. The summed E-state index contributed by atoms with van der Waals surface area (Å²) in [5.41, 5.74) is 6.41. The van der Waals surface area contributed by atoms with Crippen molar-refractivity contribution in [2.45, 2.75) is 6.04 Å². The predicted molar refractivity (Wildman–Crippen MR) is 47.6 cm³/mol. The molecular formula is C8H8NOS. The Labute approximate surface area is 70.7 Å². The summed E-state index contributed by atoms with van der Waals surface area (Å²) in [6, 6.07) is 6.24. The SMILES string of the molecule is NC([C]=S)c1ccc(O)cc1. The predicted octanol–water partition coefficient (Wildman–Crippen LogP) is 1.27. The molecule has 0 aliphatic heterocycles. The molecule has 0 saturated carbocycles. The molecule has 0 saturated heterocycles. The molecule has 0 aliphatic carbocycles. The van der Waals surface area contributed by atoms with Gasteiger partial charge in [-0.2, -0.15) is 0 Å². The van der Waals surface area contributed by atoms with Crippen LogP contribution >= 0.6 is 12.2 Å². The summed E-state index contributed by atoms with van der Waals surface area (Å²) < 4.78 is 0. The number of thiocarbonyl (C=S) groups is 1. The van der Waals surface area contributed by atoms with Gasteiger partial charge in [0, 0.05) is 0 Å². The molecule has 3 N–H and O–H groups in total. The molecule has 0 spiro atoms. The van der Waals surface area contributed by atoms with Gasteiger partial charge in [-0.05, 0) is 17.7 Å². The third-order valence-electron chi connectivity index (χ3n) is 1.38. The van der Waals surface area contributed by atoms with E-state index < -0.39 is 0 Å². The molecule has 0 fully saturated rings. The van der Waals surface area contributed by atoms with Crippen LogP contribution < -0.4 is 5.73 Å². The number of benzene rings is 1. The third kappa shape index (κ3) is 2.00. The van der Waals surface area contributed by atoms with Crippen molar-refractivity contribution in [2.75, 3.05) is 0 Å². The first kappa shape index (κ1) is 8.17. The van der Waals surface area contributed by atoms with Gasteiger partial charge in [0.15, 0.2) is 0 Å². The first-order valence-electron chi connectivity index (χ1n) is 3.16. The molecule has 0 aromatic heterocycles. The number of hydrogen-bond donors (Lipinski definition) is 2. The molecule has 1 atom stereocenters. The second kappa shape index (κ2) is 3.46. The third-order valence-corrected chi connectivity index (χ3v) is 1.63. The van der Waals surface area contributed by atoms with Crippen LogP contribution in [0.2, 0.25) is 0 Å². The minimum absolute atomic E-state index is 0.227. The topological polar surface area (TPSA) is 46.2 Å². The van der Waals surface area contributed by atoms with E-state index in [0.29, 0.717) is 0 Å². The van der Waals surface area contributed by atoms with Crippen molar-refractivity contribution in [3.63, 3.8) is 0 Å². The molecule has 1 aromatic carbocycles. The second-order valence-corrected chi connectivity index (χ2v) is 2.42. The van der Waals surface area contributed by atoms with Gasteiger partial charge in [-0.3, -0.25) is 0 Å². The van der Waals surface area contributed by atoms with Crippen LogP contribution in [-0.2, 0) is 0 Å². The number of phenols is 1. The summed E-state index contributed by atoms with van der Waals surface area (Å²) in [5.74, 6) is 0.227. The Morgan fingerprint density at radius 2 is 1.91 bits per heavy atom. The van der Waals surface area contributed by atoms with E-state index in [1.54, 1.807) is 24.3 Å². The zero-order chi connectivity index (χ0) is 8.27. The van der Waals surface area contributed by atoms with E-state index in [1.807, 2.05) is 0 Å². The lowest BCUT2D eigenvalue weighted by Gasteiger charge is -2.03. The molecule has 0 bridgehead atoms. The molecule has 1 unspecified atom stereocenters. The Kier molecular flexibility index (Phi) is 2.57. The number of nitrogens with two attached hydrogens (primary N) is 1. The fourth-order valence-electron chi connectivity index (χ4n) is 0.750. The van der Waals surface area contributed by atoms with Crippen LogP contribution in [0.15, 0.2) is 24.3 Å². The highest BCUT2D eigenvalue weighted by molar-refractivity contribution is 7.79. The van der Waals surface area contributed by atoms with Crippen molar-refractivity contribution >= 4 is 17.6 Å². The highest BCUT2D eigenvalue weighted by Gasteiger charge is 2.00. The lowest BCUT2D eigenvalue weighted by atomic mass is 10.1. The van der Waals surface area contributed by atoms with Gasteiger partial charge in [-0.25, -0.2) is 0 Å². The van der Waals surface area contributed by atoms with Crippen LogP contribution in [0.5, 0.6) is 5.75 Å². The van der Waals surface area contributed by atoms with E-state index in [9.17, 15) is 0 Å². The van der Waals surface area contributed by atoms with Crippen molar-refractivity contribution in [2.24, 2.45) is 5.73 Å². The van der Waals surface area contributed by atoms with Crippen LogP contribution in [0.4, 0.5) is 0 Å². The summed E-state index contributed by atoms with van der Waals surface area (Å²) in [6.07, 6.45) is 0. The average Bonchev–Trinajstić information content (AvgIpc) is 2.05. The Balaban J connectivity index is 2.89. The Bertz CT molecular complexity index is 245. The number of phenolic OH excluding ortho intramolecular Hbond substituents is 1. The zero-order valence-corrected chi connectivity index (χ0v) is 6.64. The van der Waals surface area contributed by atoms with Crippen molar-refractivity contribution in [1.82, 2.24) is 0 Å². The molecule has 57 valence electrons. The van der Waals surface area contributed by atoms with E-state index in [0.717, 1.165) is 5.56 Å². The van der Waals surface area contributed by atoms with Gasteiger partial charge < -0.3 is 10.8 Å². The van der Waals surface area contributed by atoms with Crippen LogP contribution in [-0.4, -0.2) is 10.5 Å². The van der Waals surface area contributed by atoms with Gasteiger partial charge in [0.05, 0.1) is 11.4 Å². The molecular weight excluding hydrogens is 158 g/mol. The first-order valence-corrected chi connectivity index (χ1v) is 3.57. The fourth-order valence-corrected chi connectivity index (χ4v) is 0.886. The van der Waals surface area contributed by atoms with Crippen molar-refractivity contribution in [3.8, 4) is 5.75 Å². The fraction of sp³-hybridized carbons (Fsp3) is 0.125. The summed E-state index contributed by atoms with van der Waals surface area (Å²) in [7, 11) is 0. The summed E-state index contributed by atoms with van der Waals surface area (Å²) in [4.78, 5) is 0. The van der Waals surface area contributed by atoms with Crippen LogP contribution in [0.25, 0.3) is 0 Å². The molecule has 0 amide bonds. The summed E-state index contributed by atoms with van der Waals surface area (Å²) in [5, 5.41) is 11.4. The lowest BCUT2D eigenvalue weighted by Crippen LogP contribution is -2.09. The average molecular weight is 166 g/mol. The smallest absolute Gasteiger partial charge is 0.115 e. The molecule has 11 heavy (non-hydrogen) atoms. The van der Waals surface area contributed by atoms with E-state index in [2.05, 4.69) is 17.6 Å². The van der Waals surface area contributed by atoms with Gasteiger partial charge in [-0.1, -0.05) is 24.4 Å². The lowest BCUT2D eigenvalue weighted by molar-refractivity contribution is 0.475. The maximum atomic E-state index is 8.92. The van der Waals surface area contributed by atoms with Crippen LogP contribution in [0.1, 0.15) is 11.6 Å². The second-order valence-electron chi connectivity index (χ2n) is 2.19. The van der Waals surface area contributed by atoms with Crippen molar-refractivity contribution < 1.29 is 5.11 Å². The highest BCUT2D eigenvalue weighted by atomic mass is 32.1. The van der Waals surface area contributed by atoms with Crippen molar-refractivity contribution in [3.05, 3.63) is 29.8 Å². The Morgan fingerprint density at radius 3 is 2.36 bits per heavy atom. The van der Waals surface area contributed by atoms with Gasteiger partial charge in [0.2, 0.25) is 0 Å².